The maximum absolute atomic E-state index is 10.3. The zero-order valence-corrected chi connectivity index (χ0v) is 30.6. The highest BCUT2D eigenvalue weighted by molar-refractivity contribution is 6.23. The fraction of sp³-hybridized carbons (Fsp3) is 0. The highest BCUT2D eigenvalue weighted by Gasteiger charge is 2.29. The van der Waals surface area contributed by atoms with E-state index in [1.807, 2.05) is 0 Å². The van der Waals surface area contributed by atoms with Crippen molar-refractivity contribution in [2.75, 3.05) is 0 Å². The Morgan fingerprint density at radius 1 is 0.361 bits per heavy atom. The molecule has 0 aliphatic heterocycles. The lowest BCUT2D eigenvalue weighted by Gasteiger charge is -2.18. The predicted molar refractivity (Wildman–Crippen MR) is 254 cm³/mol. The molecular weight excluding hydrogens is 741 g/mol. The summed E-state index contributed by atoms with van der Waals surface area (Å²) in [7, 11) is 0. The summed E-state index contributed by atoms with van der Waals surface area (Å²) < 4.78 is 301. The fourth-order valence-corrected chi connectivity index (χ4v) is 7.40. The highest BCUT2D eigenvalue weighted by Crippen LogP contribution is 2.54. The number of hydrogen-bond donors (Lipinski definition) is 0. The summed E-state index contributed by atoms with van der Waals surface area (Å²) in [6.07, 6.45) is -0.817. The summed E-state index contributed by atoms with van der Waals surface area (Å²) in [6.45, 7) is 0. The van der Waals surface area contributed by atoms with Gasteiger partial charge in [0.1, 0.15) is 11.5 Å². The molecule has 9 aromatic carbocycles. The number of furan rings is 1. The lowest BCUT2D eigenvalue weighted by molar-refractivity contribution is 0.600. The molecule has 0 saturated heterocycles. The van der Waals surface area contributed by atoms with Gasteiger partial charge >= 0.3 is 0 Å². The van der Waals surface area contributed by atoms with Gasteiger partial charge in [-0.1, -0.05) is 199 Å². The molecule has 0 bridgehead atoms. The van der Waals surface area contributed by atoms with Crippen molar-refractivity contribution in [1.29, 1.82) is 0 Å². The van der Waals surface area contributed by atoms with Gasteiger partial charge in [-0.05, 0) is 66.7 Å². The van der Waals surface area contributed by atoms with E-state index in [-0.39, 0.29) is 0 Å². The average Bonchev–Trinajstić information content (AvgIpc) is 1.68. The van der Waals surface area contributed by atoms with Gasteiger partial charge in [-0.3, -0.25) is 4.98 Å². The van der Waals surface area contributed by atoms with Gasteiger partial charge in [0.2, 0.25) is 0 Å². The van der Waals surface area contributed by atoms with Gasteiger partial charge in [-0.15, -0.1) is 0 Å². The molecular formula is C58H36N2O. The number of benzene rings is 9. The minimum absolute atomic E-state index is 0.482. The van der Waals surface area contributed by atoms with E-state index in [0.29, 0.717) is 0 Å². The molecule has 284 valence electrons. The Labute approximate surface area is 397 Å². The van der Waals surface area contributed by atoms with Crippen LogP contribution in [0, 0.1) is 0 Å². The van der Waals surface area contributed by atoms with E-state index < -0.39 is 315 Å². The largest absolute Gasteiger partial charge is 0.455 e. The Morgan fingerprint density at radius 2 is 0.951 bits per heavy atom. The maximum atomic E-state index is 10.3. The first-order chi connectivity index (χ1) is 43.6. The van der Waals surface area contributed by atoms with Crippen LogP contribution in [0.2, 0.25) is 0 Å². The number of hydrogen-bond acceptors (Lipinski definition) is 3. The van der Waals surface area contributed by atoms with Crippen LogP contribution in [0.25, 0.3) is 121 Å². The number of rotatable bonds is 6. The molecule has 0 amide bonds. The topological polar surface area (TPSA) is 38.9 Å². The van der Waals surface area contributed by atoms with Crippen LogP contribution in [-0.2, 0) is 0 Å². The Kier molecular flexibility index (Phi) is 3.63. The normalized spacial score (nSPS) is 19.0. The molecule has 0 atom stereocenters. The summed E-state index contributed by atoms with van der Waals surface area (Å²) in [5.74, 6) is -1.71. The van der Waals surface area contributed by atoms with Gasteiger partial charge in [-0.2, -0.15) is 0 Å². The quantitative estimate of drug-likeness (QED) is 0.124. The molecule has 12 aromatic rings. The van der Waals surface area contributed by atoms with Crippen molar-refractivity contribution < 1.29 is 48.3 Å². The minimum Gasteiger partial charge on any atom is -0.455 e. The minimum atomic E-state index is -1.14. The Hall–Kier alpha value is -8.14. The third-order valence-electron chi connectivity index (χ3n) is 9.91. The van der Waals surface area contributed by atoms with Crippen LogP contribution >= 0.6 is 0 Å². The van der Waals surface area contributed by atoms with Crippen LogP contribution in [0.4, 0.5) is 0 Å². The lowest BCUT2D eigenvalue weighted by atomic mass is 9.84. The van der Waals surface area contributed by atoms with Crippen LogP contribution in [0.15, 0.2) is 222 Å². The first-order valence-corrected chi connectivity index (χ1v) is 18.1. The molecule has 0 aliphatic carbocycles. The molecule has 0 radical (unpaired) electrons. The monoisotopic (exact) mass is 808 g/mol. The van der Waals surface area contributed by atoms with Gasteiger partial charge in [0.15, 0.2) is 0 Å². The molecule has 0 fully saturated rings. The first kappa shape index (κ1) is 15.5. The van der Waals surface area contributed by atoms with Crippen molar-refractivity contribution in [3.8, 4) is 67.3 Å². The van der Waals surface area contributed by atoms with Gasteiger partial charge < -0.3 is 4.42 Å². The second-order valence-corrected chi connectivity index (χ2v) is 13.2. The Balaban J connectivity index is 1.41. The molecule has 3 aromatic heterocycles. The second kappa shape index (κ2) is 14.3. The van der Waals surface area contributed by atoms with E-state index in [9.17, 15) is 20.6 Å². The molecule has 3 nitrogen and oxygen atoms in total. The van der Waals surface area contributed by atoms with Crippen LogP contribution in [-0.4, -0.2) is 9.97 Å². The highest BCUT2D eigenvalue weighted by atomic mass is 16.3. The van der Waals surface area contributed by atoms with Gasteiger partial charge in [0.05, 0.1) is 60.6 Å². The molecule has 0 N–H and O–H groups in total. The van der Waals surface area contributed by atoms with E-state index in [4.69, 9.17) is 27.7 Å². The summed E-state index contributed by atoms with van der Waals surface area (Å²) in [4.78, 5) is 8.62. The predicted octanol–water partition coefficient (Wildman–Crippen LogP) is 15.8. The van der Waals surface area contributed by atoms with Crippen LogP contribution in [0.1, 0.15) is 43.9 Å². The van der Waals surface area contributed by atoms with E-state index >= 15 is 0 Å². The molecule has 3 heterocycles. The first-order valence-electron chi connectivity index (χ1n) is 34.1. The molecule has 12 rings (SSSR count). The van der Waals surface area contributed by atoms with Crippen LogP contribution in [0.5, 0.6) is 0 Å². The molecule has 61 heavy (non-hydrogen) atoms. The van der Waals surface area contributed by atoms with Crippen molar-refractivity contribution >= 4 is 54.1 Å². The summed E-state index contributed by atoms with van der Waals surface area (Å²) in [6, 6.07) is -25.3. The van der Waals surface area contributed by atoms with E-state index in [1.54, 1.807) is 0 Å². The summed E-state index contributed by atoms with van der Waals surface area (Å²) >= 11 is 0. The van der Waals surface area contributed by atoms with E-state index in [0.717, 1.165) is 12.1 Å². The number of pyridine rings is 2. The third-order valence-corrected chi connectivity index (χ3v) is 9.91. The van der Waals surface area contributed by atoms with Crippen LogP contribution < -0.4 is 0 Å². The Bertz CT molecular complexity index is 5440. The molecule has 0 unspecified atom stereocenters. The summed E-state index contributed by atoms with van der Waals surface area (Å²) in [5.41, 5.74) is -8.67. The van der Waals surface area contributed by atoms with Crippen molar-refractivity contribution in [1.82, 2.24) is 9.97 Å². The van der Waals surface area contributed by atoms with Gasteiger partial charge in [0.25, 0.3) is 0 Å². The number of nitrogens with zero attached hydrogens (tertiary/aromatic N) is 2. The molecule has 0 aliphatic rings. The SMILES string of the molecule is [2H]c1cccc(-c2oc(-c3c4c([2H])c([2H])c([2H])c([2H])c4c(-c4c([2H])c([2H])c([2H])c([2H])c4[2H])c4c([2H])c([2H])c([2H])c([2H])c34)c(-c3cc([2H])c([2H])c([2H])c3[2H])c2-c2c([2H])c([2H])c(-c3nc4c(c([2H])c3[2H])c([2H])c([2H])c3c([2H])c([2H])c([2H])nc34)c3c([2H])c([2H])c([2H])c([2H])c23)c1[2H]. The maximum Gasteiger partial charge on any atom is 0.144 e. The molecule has 0 spiro atoms. The van der Waals surface area contributed by atoms with Crippen molar-refractivity contribution in [2.24, 2.45) is 0 Å². The third kappa shape index (κ3) is 5.66. The van der Waals surface area contributed by atoms with Gasteiger partial charge in [0, 0.05) is 44.8 Å². The molecule has 0 saturated carbocycles. The Morgan fingerprint density at radius 3 is 1.70 bits per heavy atom. The zero-order chi connectivity index (χ0) is 68.1. The average molecular weight is 809 g/mol. The standard InChI is InChI=1S/C58H36N2O/c1-4-17-37(18-5-1)51-45-26-12-14-28-47(45)53(48-29-15-13-27-46(48)51)58-52(38-19-6-2-7-20-38)54(57(61-58)41-21-8-3-9-22-41)49-34-33-44(42-24-10-11-25-43(42)49)50-35-32-40-31-30-39-23-16-36-59-55(39)56(40)60-50/h1-36H/i1D,2D,4D,5D,6D,7D,8D,10D,11D,12D,13D,14D,15D,16D,17D,18D,19D,21D,23D,24D,25D,26D,27D,28D,29D,30D,31D,32D,33D,34D,35D,36D. The zero-order valence-electron chi connectivity index (χ0n) is 62.6. The van der Waals surface area contributed by atoms with Gasteiger partial charge in [-0.25, -0.2) is 4.98 Å². The smallest absolute Gasteiger partial charge is 0.144 e. The number of aromatic nitrogens is 2. The fourth-order valence-electron chi connectivity index (χ4n) is 7.40. The molecule has 3 heteroatoms. The second-order valence-electron chi connectivity index (χ2n) is 13.2. The van der Waals surface area contributed by atoms with Crippen molar-refractivity contribution in [3.63, 3.8) is 0 Å². The lowest BCUT2D eigenvalue weighted by Crippen LogP contribution is -1.93. The van der Waals surface area contributed by atoms with E-state index in [2.05, 4.69) is 9.97 Å². The van der Waals surface area contributed by atoms with Crippen molar-refractivity contribution in [3.05, 3.63) is 218 Å². The number of fused-ring (bicyclic) bond motifs is 6. The summed E-state index contributed by atoms with van der Waals surface area (Å²) in [5, 5.41) is -5.84. The van der Waals surface area contributed by atoms with Crippen molar-refractivity contribution in [2.45, 2.75) is 0 Å². The van der Waals surface area contributed by atoms with E-state index in [1.165, 1.54) is 12.1 Å². The van der Waals surface area contributed by atoms with Crippen LogP contribution in [0.3, 0.4) is 0 Å².